The monoisotopic (exact) mass is 353 g/mol. The molecule has 0 radical (unpaired) electrons. The van der Waals surface area contributed by atoms with Crippen molar-refractivity contribution in [3.05, 3.63) is 29.2 Å². The van der Waals surface area contributed by atoms with Gasteiger partial charge in [0.15, 0.2) is 17.3 Å². The molecule has 2 rings (SSSR count). The number of rotatable bonds is 7. The first kappa shape index (κ1) is 18.2. The number of aliphatic hydroxyl groups is 1. The Morgan fingerprint density at radius 2 is 2.04 bits per heavy atom. The maximum atomic E-state index is 14.7. The molecule has 1 heterocycles. The number of aliphatic hydroxyl groups excluding tert-OH is 1. The average Bonchev–Trinajstić information content (AvgIpc) is 2.83. The molecule has 0 aromatic heterocycles. The van der Waals surface area contributed by atoms with Gasteiger partial charge in [-0.2, -0.15) is 0 Å². The summed E-state index contributed by atoms with van der Waals surface area (Å²) < 4.78 is 24.6. The maximum absolute atomic E-state index is 14.7. The molecule has 0 aliphatic carbocycles. The average molecular weight is 353 g/mol. The Hall–Kier alpha value is -3.14. The second-order valence-corrected chi connectivity index (χ2v) is 4.91. The summed E-state index contributed by atoms with van der Waals surface area (Å²) in [5, 5.41) is 11.3. The van der Waals surface area contributed by atoms with Crippen LogP contribution in [0.5, 0.6) is 11.5 Å². The van der Waals surface area contributed by atoms with E-state index in [0.717, 1.165) is 17.0 Å². The van der Waals surface area contributed by atoms with Crippen molar-refractivity contribution >= 4 is 23.4 Å². The summed E-state index contributed by atoms with van der Waals surface area (Å²) in [6.07, 6.45) is 0.929. The van der Waals surface area contributed by atoms with Gasteiger partial charge in [-0.25, -0.2) is 4.39 Å². The quantitative estimate of drug-likeness (QED) is 0.568. The lowest BCUT2D eigenvalue weighted by molar-refractivity contribution is -0.137. The lowest BCUT2D eigenvalue weighted by Crippen LogP contribution is -2.34. The van der Waals surface area contributed by atoms with Gasteiger partial charge in [0.25, 0.3) is 17.7 Å². The van der Waals surface area contributed by atoms with Crippen LogP contribution in [0.2, 0.25) is 0 Å². The molecule has 9 nitrogen and oxygen atoms in total. The summed E-state index contributed by atoms with van der Waals surface area (Å²) in [4.78, 5) is 36.3. The summed E-state index contributed by atoms with van der Waals surface area (Å²) in [6, 6.07) is 1.15. The molecule has 0 spiro atoms. The van der Waals surface area contributed by atoms with Crippen molar-refractivity contribution in [2.75, 3.05) is 32.7 Å². The second kappa shape index (κ2) is 7.18. The zero-order valence-corrected chi connectivity index (χ0v) is 13.5. The standard InChI is InChI=1S/C15H16FN3O6/c1-24-9-5-7(14(17)22)12(11(16)13(9)25-2)18-8-6-10(21)19(3-4-20)15(8)23/h5-6,18,20H,3-4H2,1-2H3,(H2,17,22). The lowest BCUT2D eigenvalue weighted by atomic mass is 10.1. The number of carbonyl (C=O) groups excluding carboxylic acids is 3. The van der Waals surface area contributed by atoms with Crippen molar-refractivity contribution in [3.8, 4) is 11.5 Å². The van der Waals surface area contributed by atoms with Crippen molar-refractivity contribution in [1.29, 1.82) is 0 Å². The number of hydrogen-bond acceptors (Lipinski definition) is 7. The lowest BCUT2D eigenvalue weighted by Gasteiger charge is -2.17. The molecule has 25 heavy (non-hydrogen) atoms. The number of halogens is 1. The Kier molecular flexibility index (Phi) is 5.22. The van der Waals surface area contributed by atoms with E-state index in [2.05, 4.69) is 5.32 Å². The fourth-order valence-electron chi connectivity index (χ4n) is 2.31. The van der Waals surface area contributed by atoms with Gasteiger partial charge >= 0.3 is 0 Å². The molecule has 0 bridgehead atoms. The molecular weight excluding hydrogens is 337 g/mol. The minimum atomic E-state index is -1.02. The number of nitrogens with one attached hydrogen (secondary N) is 1. The van der Waals surface area contributed by atoms with Gasteiger partial charge in [0.1, 0.15) is 5.70 Å². The molecule has 1 aliphatic rings. The van der Waals surface area contributed by atoms with Crippen LogP contribution in [0, 0.1) is 5.82 Å². The van der Waals surface area contributed by atoms with E-state index >= 15 is 0 Å². The Morgan fingerprint density at radius 3 is 2.56 bits per heavy atom. The number of anilines is 1. The van der Waals surface area contributed by atoms with Gasteiger partial charge in [-0.15, -0.1) is 0 Å². The number of β-amino-alcohol motifs (C(OH)–C–C–N with tert-alkyl or cyclic N) is 1. The van der Waals surface area contributed by atoms with E-state index in [1.54, 1.807) is 0 Å². The predicted octanol–water partition coefficient (Wildman–Crippen LogP) is -0.401. The normalized spacial score (nSPS) is 13.8. The Bertz CT molecular complexity index is 777. The van der Waals surface area contributed by atoms with Crippen LogP contribution in [0.3, 0.4) is 0 Å². The van der Waals surface area contributed by atoms with Gasteiger partial charge in [-0.3, -0.25) is 19.3 Å². The van der Waals surface area contributed by atoms with Gasteiger partial charge in [0, 0.05) is 6.08 Å². The van der Waals surface area contributed by atoms with E-state index in [-0.39, 0.29) is 29.3 Å². The van der Waals surface area contributed by atoms with Crippen LogP contribution in [-0.4, -0.2) is 55.1 Å². The first-order chi connectivity index (χ1) is 11.8. The number of imide groups is 1. The highest BCUT2D eigenvalue weighted by Gasteiger charge is 2.32. The van der Waals surface area contributed by atoms with Gasteiger partial charge < -0.3 is 25.6 Å². The zero-order valence-electron chi connectivity index (χ0n) is 13.5. The zero-order chi connectivity index (χ0) is 18.7. The third-order valence-electron chi connectivity index (χ3n) is 3.47. The molecule has 3 amide bonds. The number of carbonyl (C=O) groups is 3. The molecule has 10 heteroatoms. The molecule has 0 atom stereocenters. The molecule has 1 aromatic carbocycles. The number of nitrogens with two attached hydrogens (primary N) is 1. The Morgan fingerprint density at radius 1 is 1.36 bits per heavy atom. The first-order valence-electron chi connectivity index (χ1n) is 7.05. The van der Waals surface area contributed by atoms with E-state index in [4.69, 9.17) is 20.3 Å². The highest BCUT2D eigenvalue weighted by Crippen LogP contribution is 2.38. The second-order valence-electron chi connectivity index (χ2n) is 4.91. The van der Waals surface area contributed by atoms with Gasteiger partial charge in [-0.1, -0.05) is 0 Å². The minimum Gasteiger partial charge on any atom is -0.493 e. The van der Waals surface area contributed by atoms with Crippen LogP contribution < -0.4 is 20.5 Å². The Labute approximate surface area is 141 Å². The number of hydrogen-bond donors (Lipinski definition) is 3. The summed E-state index contributed by atoms with van der Waals surface area (Å²) in [5.74, 6) is -3.82. The largest absolute Gasteiger partial charge is 0.493 e. The summed E-state index contributed by atoms with van der Waals surface area (Å²) in [5.41, 5.74) is 4.26. The molecule has 0 unspecified atom stereocenters. The predicted molar refractivity (Wildman–Crippen MR) is 83.5 cm³/mol. The van der Waals surface area contributed by atoms with E-state index in [0.29, 0.717) is 0 Å². The smallest absolute Gasteiger partial charge is 0.277 e. The van der Waals surface area contributed by atoms with Crippen LogP contribution in [0.25, 0.3) is 0 Å². The molecule has 4 N–H and O–H groups in total. The van der Waals surface area contributed by atoms with E-state index in [9.17, 15) is 18.8 Å². The molecule has 0 saturated heterocycles. The minimum absolute atomic E-state index is 0.0657. The van der Waals surface area contributed by atoms with Crippen molar-refractivity contribution in [2.45, 2.75) is 0 Å². The summed E-state index contributed by atoms with van der Waals surface area (Å²) in [7, 11) is 2.45. The van der Waals surface area contributed by atoms with Crippen LogP contribution in [-0.2, 0) is 9.59 Å². The van der Waals surface area contributed by atoms with Crippen LogP contribution in [0.4, 0.5) is 10.1 Å². The summed E-state index contributed by atoms with van der Waals surface area (Å²) in [6.45, 7) is -0.633. The highest BCUT2D eigenvalue weighted by molar-refractivity contribution is 6.18. The highest BCUT2D eigenvalue weighted by atomic mass is 19.1. The van der Waals surface area contributed by atoms with Gasteiger partial charge in [-0.05, 0) is 6.07 Å². The van der Waals surface area contributed by atoms with Gasteiger partial charge in [0.2, 0.25) is 0 Å². The molecule has 0 saturated carbocycles. The van der Waals surface area contributed by atoms with Crippen LogP contribution >= 0.6 is 0 Å². The number of ether oxygens (including phenoxy) is 2. The Balaban J connectivity index is 2.49. The fraction of sp³-hybridized carbons (Fsp3) is 0.267. The van der Waals surface area contributed by atoms with Crippen LogP contribution in [0.1, 0.15) is 10.4 Å². The molecule has 0 fully saturated rings. The van der Waals surface area contributed by atoms with E-state index < -0.39 is 35.8 Å². The number of nitrogens with zero attached hydrogens (tertiary/aromatic N) is 1. The van der Waals surface area contributed by atoms with Crippen molar-refractivity contribution in [2.24, 2.45) is 5.73 Å². The molecule has 134 valence electrons. The van der Waals surface area contributed by atoms with E-state index in [1.807, 2.05) is 0 Å². The summed E-state index contributed by atoms with van der Waals surface area (Å²) >= 11 is 0. The topological polar surface area (TPSA) is 131 Å². The number of benzene rings is 1. The third kappa shape index (κ3) is 3.24. The third-order valence-corrected chi connectivity index (χ3v) is 3.47. The maximum Gasteiger partial charge on any atom is 0.277 e. The molecule has 1 aromatic rings. The van der Waals surface area contributed by atoms with Crippen molar-refractivity contribution < 1.29 is 33.4 Å². The fourth-order valence-corrected chi connectivity index (χ4v) is 2.31. The number of methoxy groups -OCH3 is 2. The van der Waals surface area contributed by atoms with E-state index in [1.165, 1.54) is 14.2 Å². The van der Waals surface area contributed by atoms with Crippen molar-refractivity contribution in [3.63, 3.8) is 0 Å². The number of primary amides is 1. The van der Waals surface area contributed by atoms with Gasteiger partial charge in [0.05, 0.1) is 38.6 Å². The van der Waals surface area contributed by atoms with Crippen LogP contribution in [0.15, 0.2) is 17.8 Å². The SMILES string of the molecule is COc1cc(C(N)=O)c(NC2=CC(=O)N(CCO)C2=O)c(F)c1OC. The molecular formula is C15H16FN3O6. The molecule has 1 aliphatic heterocycles. The first-order valence-corrected chi connectivity index (χ1v) is 7.05. The number of amides is 3. The van der Waals surface area contributed by atoms with Crippen molar-refractivity contribution in [1.82, 2.24) is 4.90 Å².